The van der Waals surface area contributed by atoms with Crippen molar-refractivity contribution in [3.05, 3.63) is 70.8 Å². The Labute approximate surface area is 132 Å². The third kappa shape index (κ3) is 8.69. The molecule has 0 aliphatic carbocycles. The Morgan fingerprint density at radius 1 is 0.727 bits per heavy atom. The van der Waals surface area contributed by atoms with Crippen molar-refractivity contribution in [3.8, 4) is 0 Å². The highest BCUT2D eigenvalue weighted by Gasteiger charge is 2.02. The number of ketones is 1. The molecule has 3 heteroatoms. The van der Waals surface area contributed by atoms with Crippen LogP contribution in [-0.2, 0) is 4.79 Å². The summed E-state index contributed by atoms with van der Waals surface area (Å²) in [7, 11) is 0. The maximum Gasteiger partial charge on any atom is 0.335 e. The van der Waals surface area contributed by atoms with Crippen molar-refractivity contribution in [1.82, 2.24) is 0 Å². The highest BCUT2D eigenvalue weighted by atomic mass is 16.4. The number of carbonyl (C=O) groups excluding carboxylic acids is 1. The summed E-state index contributed by atoms with van der Waals surface area (Å²) >= 11 is 0. The number of aryl methyl sites for hydroxylation is 3. The van der Waals surface area contributed by atoms with Gasteiger partial charge in [0.25, 0.3) is 0 Å². The molecular formula is C19H24O3. The molecule has 0 amide bonds. The van der Waals surface area contributed by atoms with E-state index in [1.54, 1.807) is 25.1 Å². The van der Waals surface area contributed by atoms with Gasteiger partial charge >= 0.3 is 5.97 Å². The first-order valence-corrected chi connectivity index (χ1v) is 7.04. The van der Waals surface area contributed by atoms with Gasteiger partial charge in [-0.05, 0) is 57.4 Å². The summed E-state index contributed by atoms with van der Waals surface area (Å²) < 4.78 is 0. The minimum Gasteiger partial charge on any atom is -0.478 e. The van der Waals surface area contributed by atoms with E-state index >= 15 is 0 Å². The SMILES string of the molecule is CC(C)=O.Cc1ccccc1C.Cc1ccccc1C(=O)O. The molecule has 0 unspecified atom stereocenters. The van der Waals surface area contributed by atoms with Crippen LogP contribution in [0.15, 0.2) is 48.5 Å². The zero-order chi connectivity index (χ0) is 17.1. The minimum atomic E-state index is -0.863. The fraction of sp³-hybridized carbons (Fsp3) is 0.263. The maximum atomic E-state index is 10.4. The standard InChI is InChI=1S/C8H8O2.C8H10.C3H6O/c1-6-4-2-3-5-7(6)8(9)10;1-7-5-3-4-6-8(7)2;1-3(2)4/h2-5H,1H3,(H,9,10);3-6H,1-2H3;1-2H3. The summed E-state index contributed by atoms with van der Waals surface area (Å²) in [6.45, 7) is 9.08. The van der Waals surface area contributed by atoms with E-state index in [0.717, 1.165) is 5.56 Å². The van der Waals surface area contributed by atoms with Crippen LogP contribution in [0.25, 0.3) is 0 Å². The first-order chi connectivity index (χ1) is 10.3. The number of benzene rings is 2. The van der Waals surface area contributed by atoms with Crippen molar-refractivity contribution in [3.63, 3.8) is 0 Å². The van der Waals surface area contributed by atoms with Crippen molar-refractivity contribution >= 4 is 11.8 Å². The molecule has 0 fully saturated rings. The van der Waals surface area contributed by atoms with Crippen LogP contribution in [0, 0.1) is 20.8 Å². The average molecular weight is 300 g/mol. The van der Waals surface area contributed by atoms with Gasteiger partial charge in [0, 0.05) is 0 Å². The molecule has 118 valence electrons. The Balaban J connectivity index is 0.000000330. The van der Waals surface area contributed by atoms with Gasteiger partial charge < -0.3 is 9.90 Å². The van der Waals surface area contributed by atoms with Crippen molar-refractivity contribution in [2.75, 3.05) is 0 Å². The highest BCUT2D eigenvalue weighted by Crippen LogP contribution is 2.05. The topological polar surface area (TPSA) is 54.4 Å². The van der Waals surface area contributed by atoms with Crippen LogP contribution in [0.1, 0.15) is 40.9 Å². The molecular weight excluding hydrogens is 276 g/mol. The van der Waals surface area contributed by atoms with Gasteiger partial charge in [0.05, 0.1) is 5.56 Å². The number of carboxylic acid groups (broad SMARTS) is 1. The van der Waals surface area contributed by atoms with Crippen molar-refractivity contribution < 1.29 is 14.7 Å². The Morgan fingerprint density at radius 3 is 1.27 bits per heavy atom. The first-order valence-electron chi connectivity index (χ1n) is 7.04. The first kappa shape index (κ1) is 19.6. The Hall–Kier alpha value is -2.42. The molecule has 0 heterocycles. The molecule has 0 saturated carbocycles. The lowest BCUT2D eigenvalue weighted by Gasteiger charge is -1.96. The molecule has 0 atom stereocenters. The number of hydrogen-bond acceptors (Lipinski definition) is 2. The zero-order valence-corrected chi connectivity index (χ0v) is 13.9. The number of carbonyl (C=O) groups is 2. The summed E-state index contributed by atoms with van der Waals surface area (Å²) in [5, 5.41) is 8.57. The Morgan fingerprint density at radius 2 is 1.05 bits per heavy atom. The summed E-state index contributed by atoms with van der Waals surface area (Å²) in [5.41, 5.74) is 3.91. The van der Waals surface area contributed by atoms with E-state index in [-0.39, 0.29) is 5.78 Å². The lowest BCUT2D eigenvalue weighted by molar-refractivity contribution is -0.115. The van der Waals surface area contributed by atoms with Gasteiger partial charge in [-0.3, -0.25) is 0 Å². The lowest BCUT2D eigenvalue weighted by atomic mass is 10.1. The molecule has 2 rings (SSSR count). The fourth-order valence-corrected chi connectivity index (χ4v) is 1.48. The fourth-order valence-electron chi connectivity index (χ4n) is 1.48. The number of aromatic carboxylic acids is 1. The quantitative estimate of drug-likeness (QED) is 0.838. The molecule has 0 bridgehead atoms. The van der Waals surface area contributed by atoms with Crippen LogP contribution in [0.2, 0.25) is 0 Å². The summed E-state index contributed by atoms with van der Waals surface area (Å²) in [6.07, 6.45) is 0. The molecule has 2 aromatic rings. The van der Waals surface area contributed by atoms with Gasteiger partial charge in [0.2, 0.25) is 0 Å². The van der Waals surface area contributed by atoms with Crippen molar-refractivity contribution in [1.29, 1.82) is 0 Å². The van der Waals surface area contributed by atoms with Gasteiger partial charge in [-0.15, -0.1) is 0 Å². The van der Waals surface area contributed by atoms with E-state index in [1.807, 2.05) is 6.07 Å². The molecule has 2 aromatic carbocycles. The van der Waals surface area contributed by atoms with Crippen LogP contribution >= 0.6 is 0 Å². The van der Waals surface area contributed by atoms with E-state index in [2.05, 4.69) is 38.1 Å². The number of Topliss-reactive ketones (excluding diaryl/α,β-unsaturated/α-hetero) is 1. The van der Waals surface area contributed by atoms with Crippen LogP contribution in [-0.4, -0.2) is 16.9 Å². The summed E-state index contributed by atoms with van der Waals surface area (Å²) in [6, 6.07) is 15.3. The molecule has 0 spiro atoms. The molecule has 3 nitrogen and oxygen atoms in total. The van der Waals surface area contributed by atoms with Crippen molar-refractivity contribution in [2.24, 2.45) is 0 Å². The lowest BCUT2D eigenvalue weighted by Crippen LogP contribution is -1.97. The average Bonchev–Trinajstić information content (AvgIpc) is 2.42. The predicted molar refractivity (Wildman–Crippen MR) is 90.4 cm³/mol. The van der Waals surface area contributed by atoms with E-state index in [0.29, 0.717) is 5.56 Å². The van der Waals surface area contributed by atoms with E-state index in [1.165, 1.54) is 25.0 Å². The zero-order valence-electron chi connectivity index (χ0n) is 13.9. The predicted octanol–water partition coefficient (Wildman–Crippen LogP) is 4.59. The second-order valence-corrected chi connectivity index (χ2v) is 5.11. The van der Waals surface area contributed by atoms with E-state index in [9.17, 15) is 9.59 Å². The van der Waals surface area contributed by atoms with Crippen LogP contribution in [0.4, 0.5) is 0 Å². The van der Waals surface area contributed by atoms with Crippen LogP contribution in [0.3, 0.4) is 0 Å². The van der Waals surface area contributed by atoms with Gasteiger partial charge in [0.1, 0.15) is 5.78 Å². The molecule has 1 N–H and O–H groups in total. The molecule has 0 saturated heterocycles. The van der Waals surface area contributed by atoms with E-state index < -0.39 is 5.97 Å². The third-order valence-electron chi connectivity index (χ3n) is 2.80. The van der Waals surface area contributed by atoms with Gasteiger partial charge in [-0.2, -0.15) is 0 Å². The number of hydrogen-bond donors (Lipinski definition) is 1. The summed E-state index contributed by atoms with van der Waals surface area (Å²) in [5.74, 6) is -0.696. The summed E-state index contributed by atoms with van der Waals surface area (Å²) in [4.78, 5) is 19.9. The highest BCUT2D eigenvalue weighted by molar-refractivity contribution is 5.89. The minimum absolute atomic E-state index is 0.167. The van der Waals surface area contributed by atoms with Crippen molar-refractivity contribution in [2.45, 2.75) is 34.6 Å². The Kier molecular flexibility index (Phi) is 9.19. The smallest absolute Gasteiger partial charge is 0.335 e. The van der Waals surface area contributed by atoms with Crippen LogP contribution in [0.5, 0.6) is 0 Å². The molecule has 0 aromatic heterocycles. The molecule has 0 aliphatic heterocycles. The largest absolute Gasteiger partial charge is 0.478 e. The number of rotatable bonds is 1. The monoisotopic (exact) mass is 300 g/mol. The van der Waals surface area contributed by atoms with Gasteiger partial charge in [-0.1, -0.05) is 42.5 Å². The molecule has 22 heavy (non-hydrogen) atoms. The second-order valence-electron chi connectivity index (χ2n) is 5.11. The maximum absolute atomic E-state index is 10.4. The van der Waals surface area contributed by atoms with Crippen LogP contribution < -0.4 is 0 Å². The Bertz CT molecular complexity index is 591. The van der Waals surface area contributed by atoms with Gasteiger partial charge in [0.15, 0.2) is 0 Å². The third-order valence-corrected chi connectivity index (χ3v) is 2.80. The second kappa shape index (κ2) is 10.3. The molecule has 0 radical (unpaired) electrons. The normalized spacial score (nSPS) is 8.77. The molecule has 0 aliphatic rings. The van der Waals surface area contributed by atoms with E-state index in [4.69, 9.17) is 5.11 Å². The van der Waals surface area contributed by atoms with Gasteiger partial charge in [-0.25, -0.2) is 4.79 Å². The number of carboxylic acids is 1.